The summed E-state index contributed by atoms with van der Waals surface area (Å²) in [6, 6.07) is 8.16. The molecule has 4 saturated carbocycles. The van der Waals surface area contributed by atoms with Crippen molar-refractivity contribution in [1.29, 1.82) is 0 Å². The van der Waals surface area contributed by atoms with E-state index in [1.54, 1.807) is 23.3 Å². The topological polar surface area (TPSA) is 63.9 Å². The second kappa shape index (κ2) is 7.01. The van der Waals surface area contributed by atoms with Gasteiger partial charge in [-0.2, -0.15) is 0 Å². The summed E-state index contributed by atoms with van der Waals surface area (Å²) in [5.74, 6) is 2.43. The van der Waals surface area contributed by atoms with E-state index < -0.39 is 0 Å². The first kappa shape index (κ1) is 18.7. The third kappa shape index (κ3) is 3.16. The highest BCUT2D eigenvalue weighted by Gasteiger charge is 2.54. The summed E-state index contributed by atoms with van der Waals surface area (Å²) >= 11 is 0. The van der Waals surface area contributed by atoms with Crippen LogP contribution in [0.25, 0.3) is 22.4 Å². The van der Waals surface area contributed by atoms with Crippen LogP contribution < -0.4 is 0 Å². The van der Waals surface area contributed by atoms with Crippen LogP contribution in [-0.2, 0) is 0 Å². The Hall–Kier alpha value is -3.02. The Morgan fingerprint density at radius 1 is 1.00 bits per heavy atom. The van der Waals surface area contributed by atoms with Gasteiger partial charge in [0.25, 0.3) is 0 Å². The lowest BCUT2D eigenvalue weighted by Crippen LogP contribution is -2.60. The molecular weight excluding hydrogens is 386 g/mol. The van der Waals surface area contributed by atoms with Gasteiger partial charge in [-0.05, 0) is 67.9 Å². The SMILES string of the molecule is CN(C(=O)n1cnc(-c2cccc(-c3cncnc3)c2)c1)C12CC3CC(CC(C3)C1)C2. The molecule has 0 spiro atoms. The van der Waals surface area contributed by atoms with Crippen LogP contribution in [0.1, 0.15) is 38.5 Å². The summed E-state index contributed by atoms with van der Waals surface area (Å²) in [7, 11) is 2.01. The maximum Gasteiger partial charge on any atom is 0.329 e. The molecule has 4 aliphatic rings. The Morgan fingerprint density at radius 2 is 1.65 bits per heavy atom. The minimum Gasteiger partial charge on any atom is -0.321 e. The number of rotatable bonds is 3. The van der Waals surface area contributed by atoms with Crippen molar-refractivity contribution in [3.05, 3.63) is 55.5 Å². The fraction of sp³-hybridized carbons (Fsp3) is 0.440. The molecule has 31 heavy (non-hydrogen) atoms. The van der Waals surface area contributed by atoms with E-state index in [2.05, 4.69) is 21.0 Å². The van der Waals surface area contributed by atoms with E-state index in [1.165, 1.54) is 44.9 Å². The van der Waals surface area contributed by atoms with Gasteiger partial charge >= 0.3 is 6.03 Å². The Balaban J connectivity index is 1.25. The maximum atomic E-state index is 13.4. The molecule has 2 aromatic heterocycles. The van der Waals surface area contributed by atoms with Crippen molar-refractivity contribution in [2.75, 3.05) is 7.05 Å². The standard InChI is InChI=1S/C25H27N5O/c1-29(25-9-17-5-18(10-25)7-19(6-17)11-25)24(31)30-14-23(28-16-30)21-4-2-3-20(8-21)22-12-26-15-27-13-22/h2-4,8,12-19H,5-7,9-11H2,1H3. The largest absolute Gasteiger partial charge is 0.329 e. The molecule has 0 aliphatic heterocycles. The van der Waals surface area contributed by atoms with Crippen molar-refractivity contribution in [3.63, 3.8) is 0 Å². The maximum absolute atomic E-state index is 13.4. The second-order valence-corrected chi connectivity index (χ2v) is 9.86. The fourth-order valence-corrected chi connectivity index (χ4v) is 6.73. The van der Waals surface area contributed by atoms with Crippen LogP contribution in [0.4, 0.5) is 4.79 Å². The Kier molecular flexibility index (Phi) is 4.23. The molecule has 4 bridgehead atoms. The Bertz CT molecular complexity index is 1090. The predicted molar refractivity (Wildman–Crippen MR) is 118 cm³/mol. The molecule has 0 radical (unpaired) electrons. The molecule has 6 heteroatoms. The van der Waals surface area contributed by atoms with Crippen LogP contribution in [0, 0.1) is 17.8 Å². The predicted octanol–water partition coefficient (Wildman–Crippen LogP) is 4.88. The van der Waals surface area contributed by atoms with E-state index in [0.29, 0.717) is 0 Å². The van der Waals surface area contributed by atoms with Crippen molar-refractivity contribution in [3.8, 4) is 22.4 Å². The molecule has 158 valence electrons. The van der Waals surface area contributed by atoms with Gasteiger partial charge in [-0.1, -0.05) is 18.2 Å². The molecule has 0 saturated heterocycles. The highest BCUT2D eigenvalue weighted by molar-refractivity contribution is 5.79. The normalized spacial score (nSPS) is 28.6. The average Bonchev–Trinajstić information content (AvgIpc) is 3.28. The van der Waals surface area contributed by atoms with Gasteiger partial charge in [0.2, 0.25) is 0 Å². The average molecular weight is 414 g/mol. The molecule has 6 nitrogen and oxygen atoms in total. The molecule has 7 rings (SSSR count). The van der Waals surface area contributed by atoms with Gasteiger partial charge in [-0.15, -0.1) is 0 Å². The molecule has 4 fully saturated rings. The van der Waals surface area contributed by atoms with Gasteiger partial charge in [-0.3, -0.25) is 4.57 Å². The quantitative estimate of drug-likeness (QED) is 0.614. The lowest BCUT2D eigenvalue weighted by Gasteiger charge is -2.59. The minimum absolute atomic E-state index is 0.0355. The lowest BCUT2D eigenvalue weighted by molar-refractivity contribution is -0.0620. The van der Waals surface area contributed by atoms with Gasteiger partial charge in [0.15, 0.2) is 0 Å². The van der Waals surface area contributed by atoms with E-state index >= 15 is 0 Å². The number of hydrogen-bond donors (Lipinski definition) is 0. The van der Waals surface area contributed by atoms with Crippen LogP contribution in [0.3, 0.4) is 0 Å². The number of carbonyl (C=O) groups is 1. The molecule has 2 heterocycles. The lowest BCUT2D eigenvalue weighted by atomic mass is 9.52. The summed E-state index contributed by atoms with van der Waals surface area (Å²) in [5.41, 5.74) is 3.81. The molecule has 1 aromatic carbocycles. The van der Waals surface area contributed by atoms with Crippen molar-refractivity contribution < 1.29 is 4.79 Å². The summed E-state index contributed by atoms with van der Waals surface area (Å²) in [4.78, 5) is 28.2. The van der Waals surface area contributed by atoms with E-state index in [4.69, 9.17) is 0 Å². The van der Waals surface area contributed by atoms with Crippen LogP contribution >= 0.6 is 0 Å². The van der Waals surface area contributed by atoms with Crippen LogP contribution in [0.15, 0.2) is 55.5 Å². The second-order valence-electron chi connectivity index (χ2n) is 9.86. The molecule has 0 N–H and O–H groups in total. The Morgan fingerprint density at radius 3 is 2.32 bits per heavy atom. The summed E-state index contributed by atoms with van der Waals surface area (Å²) in [6.45, 7) is 0. The monoisotopic (exact) mass is 413 g/mol. The van der Waals surface area contributed by atoms with Gasteiger partial charge in [0, 0.05) is 42.3 Å². The first-order valence-electron chi connectivity index (χ1n) is 11.3. The number of benzene rings is 1. The highest BCUT2D eigenvalue weighted by Crippen LogP contribution is 2.57. The smallest absolute Gasteiger partial charge is 0.321 e. The molecule has 3 aromatic rings. The fourth-order valence-electron chi connectivity index (χ4n) is 6.73. The first-order chi connectivity index (χ1) is 15.1. The zero-order chi connectivity index (χ0) is 21.0. The molecule has 0 atom stereocenters. The number of carbonyl (C=O) groups excluding carboxylic acids is 1. The Labute approximate surface area is 182 Å². The minimum atomic E-state index is 0.0355. The zero-order valence-electron chi connectivity index (χ0n) is 17.8. The zero-order valence-corrected chi connectivity index (χ0v) is 17.8. The molecule has 1 amide bonds. The molecule has 0 unspecified atom stereocenters. The van der Waals surface area contributed by atoms with Gasteiger partial charge in [-0.25, -0.2) is 19.7 Å². The van der Waals surface area contributed by atoms with Crippen molar-refractivity contribution >= 4 is 6.03 Å². The van der Waals surface area contributed by atoms with E-state index in [-0.39, 0.29) is 11.6 Å². The highest BCUT2D eigenvalue weighted by atomic mass is 16.2. The third-order valence-corrected chi connectivity index (χ3v) is 7.86. The third-order valence-electron chi connectivity index (χ3n) is 7.86. The number of imidazole rings is 1. The van der Waals surface area contributed by atoms with Crippen LogP contribution in [-0.4, -0.2) is 43.0 Å². The summed E-state index contributed by atoms with van der Waals surface area (Å²) in [5, 5.41) is 0. The van der Waals surface area contributed by atoms with E-state index in [1.807, 2.05) is 36.3 Å². The number of hydrogen-bond acceptors (Lipinski definition) is 4. The number of amides is 1. The van der Waals surface area contributed by atoms with Crippen molar-refractivity contribution in [2.24, 2.45) is 17.8 Å². The van der Waals surface area contributed by atoms with Gasteiger partial charge in [0.1, 0.15) is 12.7 Å². The summed E-state index contributed by atoms with van der Waals surface area (Å²) in [6.07, 6.45) is 16.3. The van der Waals surface area contributed by atoms with Crippen LogP contribution in [0.2, 0.25) is 0 Å². The van der Waals surface area contributed by atoms with Crippen molar-refractivity contribution in [1.82, 2.24) is 24.4 Å². The van der Waals surface area contributed by atoms with Gasteiger partial charge in [0.05, 0.1) is 5.69 Å². The van der Waals surface area contributed by atoms with Crippen LogP contribution in [0.5, 0.6) is 0 Å². The van der Waals surface area contributed by atoms with E-state index in [0.717, 1.165) is 40.1 Å². The number of nitrogens with zero attached hydrogens (tertiary/aromatic N) is 5. The molecule has 4 aliphatic carbocycles. The van der Waals surface area contributed by atoms with Crippen molar-refractivity contribution in [2.45, 2.75) is 44.1 Å². The summed E-state index contributed by atoms with van der Waals surface area (Å²) < 4.78 is 1.66. The number of aromatic nitrogens is 4. The first-order valence-corrected chi connectivity index (χ1v) is 11.3. The van der Waals surface area contributed by atoms with Gasteiger partial charge < -0.3 is 4.90 Å². The van der Waals surface area contributed by atoms with E-state index in [9.17, 15) is 4.79 Å². The molecular formula is C25H27N5O.